The summed E-state index contributed by atoms with van der Waals surface area (Å²) < 4.78 is 28.8. The Hall–Kier alpha value is 0.350. The summed E-state index contributed by atoms with van der Waals surface area (Å²) in [6.07, 6.45) is 5.25. The van der Waals surface area contributed by atoms with E-state index in [2.05, 4.69) is 22.9 Å². The lowest BCUT2D eigenvalue weighted by Gasteiger charge is -2.39. The lowest BCUT2D eigenvalue weighted by Crippen LogP contribution is -2.53. The Balaban J connectivity index is 2.13. The predicted octanol–water partition coefficient (Wildman–Crippen LogP) is 2.21. The van der Waals surface area contributed by atoms with Gasteiger partial charge in [0.2, 0.25) is 0 Å². The molecule has 0 aromatic rings. The van der Waals surface area contributed by atoms with Gasteiger partial charge in [0, 0.05) is 31.0 Å². The smallest absolute Gasteiger partial charge is 0.195 e. The van der Waals surface area contributed by atoms with Crippen molar-refractivity contribution in [3.63, 3.8) is 0 Å². The molecule has 2 heterocycles. The van der Waals surface area contributed by atoms with Gasteiger partial charge in [0.1, 0.15) is 0 Å². The van der Waals surface area contributed by atoms with E-state index in [1.54, 1.807) is 8.61 Å². The van der Waals surface area contributed by atoms with Crippen molar-refractivity contribution in [3.8, 4) is 0 Å². The highest BCUT2D eigenvalue weighted by Crippen LogP contribution is 2.27. The van der Waals surface area contributed by atoms with Crippen LogP contribution in [0.4, 0.5) is 0 Å². The number of alkyl halides is 1. The average Bonchev–Trinajstić information content (AvgIpc) is 2.38. The van der Waals surface area contributed by atoms with E-state index in [4.69, 9.17) is 0 Å². The molecule has 0 saturated carbocycles. The average molecular weight is 339 g/mol. The molecule has 0 N–H and O–H groups in total. The zero-order valence-electron chi connectivity index (χ0n) is 11.0. The van der Waals surface area contributed by atoms with Gasteiger partial charge in [0.25, 0.3) is 10.2 Å². The van der Waals surface area contributed by atoms with Crippen LogP contribution >= 0.6 is 15.9 Å². The topological polar surface area (TPSA) is 40.6 Å². The zero-order valence-corrected chi connectivity index (χ0v) is 13.4. The van der Waals surface area contributed by atoms with Gasteiger partial charge in [0.15, 0.2) is 0 Å². The lowest BCUT2D eigenvalue weighted by molar-refractivity contribution is 0.221. The van der Waals surface area contributed by atoms with Gasteiger partial charge in [0.05, 0.1) is 0 Å². The molecule has 0 radical (unpaired) electrons. The molecular weight excluding hydrogens is 316 g/mol. The monoisotopic (exact) mass is 338 g/mol. The summed E-state index contributed by atoms with van der Waals surface area (Å²) in [4.78, 5) is 0. The minimum atomic E-state index is -3.24. The van der Waals surface area contributed by atoms with Gasteiger partial charge in [-0.2, -0.15) is 17.0 Å². The quantitative estimate of drug-likeness (QED) is 0.740. The molecule has 106 valence electrons. The number of hydrogen-bond donors (Lipinski definition) is 0. The molecule has 0 aromatic heterocycles. The first-order valence-corrected chi connectivity index (χ1v) is 9.40. The highest BCUT2D eigenvalue weighted by molar-refractivity contribution is 9.09. The third-order valence-corrected chi connectivity index (χ3v) is 6.80. The molecule has 2 aliphatic rings. The van der Waals surface area contributed by atoms with Gasteiger partial charge >= 0.3 is 0 Å². The van der Waals surface area contributed by atoms with E-state index < -0.39 is 10.2 Å². The predicted molar refractivity (Wildman–Crippen MR) is 77.0 cm³/mol. The van der Waals surface area contributed by atoms with E-state index in [0.29, 0.717) is 25.6 Å². The van der Waals surface area contributed by atoms with Crippen LogP contribution in [0.1, 0.15) is 39.0 Å². The molecule has 4 nitrogen and oxygen atoms in total. The molecule has 2 aliphatic heterocycles. The van der Waals surface area contributed by atoms with Crippen LogP contribution < -0.4 is 0 Å². The Morgan fingerprint density at radius 1 is 1.17 bits per heavy atom. The van der Waals surface area contributed by atoms with Crippen LogP contribution in [-0.4, -0.2) is 48.0 Å². The number of nitrogens with zero attached hydrogens (tertiary/aromatic N) is 2. The molecule has 2 unspecified atom stereocenters. The van der Waals surface area contributed by atoms with Crippen molar-refractivity contribution in [2.45, 2.75) is 45.1 Å². The van der Waals surface area contributed by atoms with Gasteiger partial charge in [-0.1, -0.05) is 29.3 Å². The third-order valence-electron chi connectivity index (χ3n) is 3.99. The maximum Gasteiger partial charge on any atom is 0.282 e. The van der Waals surface area contributed by atoms with Crippen molar-refractivity contribution in [2.75, 3.05) is 25.0 Å². The molecular formula is C12H23BrN2O2S. The van der Waals surface area contributed by atoms with Crippen LogP contribution in [0.2, 0.25) is 0 Å². The Bertz CT molecular complexity index is 374. The SMILES string of the molecule is CC1CCCN(S(=O)(=O)N2CCCCC2CBr)C1. The first-order chi connectivity index (χ1) is 8.55. The van der Waals surface area contributed by atoms with Crippen LogP contribution in [0.3, 0.4) is 0 Å². The van der Waals surface area contributed by atoms with Crippen LogP contribution in [0.5, 0.6) is 0 Å². The summed E-state index contributed by atoms with van der Waals surface area (Å²) in [5.41, 5.74) is 0. The van der Waals surface area contributed by atoms with Gasteiger partial charge in [-0.15, -0.1) is 0 Å². The summed E-state index contributed by atoms with van der Waals surface area (Å²) in [7, 11) is -3.24. The lowest BCUT2D eigenvalue weighted by atomic mass is 10.0. The summed E-state index contributed by atoms with van der Waals surface area (Å²) in [6.45, 7) is 4.20. The Kier molecular flexibility index (Phi) is 5.08. The zero-order chi connectivity index (χ0) is 13.2. The van der Waals surface area contributed by atoms with Crippen molar-refractivity contribution in [1.82, 2.24) is 8.61 Å². The third kappa shape index (κ3) is 3.08. The Morgan fingerprint density at radius 3 is 2.61 bits per heavy atom. The highest BCUT2D eigenvalue weighted by atomic mass is 79.9. The minimum Gasteiger partial charge on any atom is -0.195 e. The fraction of sp³-hybridized carbons (Fsp3) is 1.00. The number of hydrogen-bond acceptors (Lipinski definition) is 2. The van der Waals surface area contributed by atoms with Gasteiger partial charge in [-0.3, -0.25) is 0 Å². The number of halogens is 1. The molecule has 2 fully saturated rings. The summed E-state index contributed by atoms with van der Waals surface area (Å²) in [6, 6.07) is 0.140. The van der Waals surface area contributed by atoms with E-state index in [1.807, 2.05) is 0 Å². The maximum absolute atomic E-state index is 12.7. The first kappa shape index (κ1) is 14.8. The van der Waals surface area contributed by atoms with Crippen LogP contribution in [0.25, 0.3) is 0 Å². The maximum atomic E-state index is 12.7. The van der Waals surface area contributed by atoms with Crippen molar-refractivity contribution in [1.29, 1.82) is 0 Å². The van der Waals surface area contributed by atoms with Crippen LogP contribution in [-0.2, 0) is 10.2 Å². The standard InChI is InChI=1S/C12H23BrN2O2S/c1-11-5-4-7-14(10-11)18(16,17)15-8-3-2-6-12(15)9-13/h11-12H,2-10H2,1H3. The minimum absolute atomic E-state index is 0.140. The van der Waals surface area contributed by atoms with Crippen LogP contribution in [0, 0.1) is 5.92 Å². The fourth-order valence-corrected chi connectivity index (χ4v) is 5.82. The summed E-state index contributed by atoms with van der Waals surface area (Å²) in [5, 5.41) is 0.746. The van der Waals surface area contributed by atoms with E-state index in [1.165, 1.54) is 0 Å². The number of rotatable bonds is 3. The van der Waals surface area contributed by atoms with Crippen molar-refractivity contribution in [2.24, 2.45) is 5.92 Å². The molecule has 6 heteroatoms. The highest BCUT2D eigenvalue weighted by Gasteiger charge is 2.37. The molecule has 0 aliphatic carbocycles. The van der Waals surface area contributed by atoms with Crippen molar-refractivity contribution < 1.29 is 8.42 Å². The largest absolute Gasteiger partial charge is 0.282 e. The first-order valence-electron chi connectivity index (χ1n) is 6.88. The Morgan fingerprint density at radius 2 is 1.94 bits per heavy atom. The van der Waals surface area contributed by atoms with Crippen molar-refractivity contribution >= 4 is 26.1 Å². The second-order valence-electron chi connectivity index (χ2n) is 5.53. The summed E-state index contributed by atoms with van der Waals surface area (Å²) >= 11 is 3.46. The van der Waals surface area contributed by atoms with E-state index in [0.717, 1.165) is 37.4 Å². The van der Waals surface area contributed by atoms with Crippen LogP contribution in [0.15, 0.2) is 0 Å². The molecule has 2 atom stereocenters. The van der Waals surface area contributed by atoms with Crippen molar-refractivity contribution in [3.05, 3.63) is 0 Å². The molecule has 0 bridgehead atoms. The molecule has 18 heavy (non-hydrogen) atoms. The molecule has 0 amide bonds. The molecule has 0 spiro atoms. The molecule has 0 aromatic carbocycles. The van der Waals surface area contributed by atoms with E-state index >= 15 is 0 Å². The second kappa shape index (κ2) is 6.20. The second-order valence-corrected chi connectivity index (χ2v) is 8.06. The Labute approximate surface area is 119 Å². The molecule has 2 rings (SSSR count). The number of piperidine rings is 2. The van der Waals surface area contributed by atoms with Gasteiger partial charge in [-0.25, -0.2) is 0 Å². The molecule has 2 saturated heterocycles. The summed E-state index contributed by atoms with van der Waals surface area (Å²) in [5.74, 6) is 0.487. The normalized spacial score (nSPS) is 32.6. The van der Waals surface area contributed by atoms with E-state index in [-0.39, 0.29) is 6.04 Å². The fourth-order valence-electron chi connectivity index (χ4n) is 2.94. The van der Waals surface area contributed by atoms with E-state index in [9.17, 15) is 8.42 Å². The van der Waals surface area contributed by atoms with Gasteiger partial charge in [-0.05, 0) is 31.6 Å². The van der Waals surface area contributed by atoms with Gasteiger partial charge < -0.3 is 0 Å².